The maximum Gasteiger partial charge on any atom is 0.419 e. The molecule has 0 saturated carbocycles. The van der Waals surface area contributed by atoms with E-state index in [-0.39, 0.29) is 5.56 Å². The van der Waals surface area contributed by atoms with Crippen LogP contribution in [0.2, 0.25) is 0 Å². The molecular formula is C17H23F4N3O. The van der Waals surface area contributed by atoms with Crippen molar-refractivity contribution < 1.29 is 22.4 Å². The highest BCUT2D eigenvalue weighted by Gasteiger charge is 2.34. The Morgan fingerprint density at radius 3 is 2.52 bits per heavy atom. The molecule has 25 heavy (non-hydrogen) atoms. The second-order valence-corrected chi connectivity index (χ2v) is 6.29. The molecule has 2 N–H and O–H groups in total. The Balaban J connectivity index is 1.82. The number of halogens is 4. The molecule has 1 saturated heterocycles. The van der Waals surface area contributed by atoms with Crippen molar-refractivity contribution in [2.24, 2.45) is 5.92 Å². The Morgan fingerprint density at radius 1 is 1.28 bits per heavy atom. The molecule has 4 nitrogen and oxygen atoms in total. The van der Waals surface area contributed by atoms with Gasteiger partial charge in [-0.2, -0.15) is 13.2 Å². The summed E-state index contributed by atoms with van der Waals surface area (Å²) in [5.41, 5.74) is -1.46. The molecule has 0 unspecified atom stereocenters. The minimum Gasteiger partial charge on any atom is -0.352 e. The summed E-state index contributed by atoms with van der Waals surface area (Å²) in [6, 6.07) is 2.24. The van der Waals surface area contributed by atoms with Crippen LogP contribution in [0.5, 0.6) is 0 Å². The average Bonchev–Trinajstić information content (AvgIpc) is 2.57. The van der Waals surface area contributed by atoms with Crippen LogP contribution in [0.15, 0.2) is 18.2 Å². The predicted octanol–water partition coefficient (Wildman–Crippen LogP) is 2.51. The lowest BCUT2D eigenvalue weighted by molar-refractivity contribution is -0.140. The second-order valence-electron chi connectivity index (χ2n) is 6.29. The number of hydrogen-bond acceptors (Lipinski definition) is 3. The van der Waals surface area contributed by atoms with Gasteiger partial charge in [-0.15, -0.1) is 0 Å². The molecule has 1 aromatic rings. The predicted molar refractivity (Wildman–Crippen MR) is 86.8 cm³/mol. The van der Waals surface area contributed by atoms with Crippen molar-refractivity contribution in [1.82, 2.24) is 15.5 Å². The third-order valence-corrected chi connectivity index (χ3v) is 4.47. The Kier molecular flexibility index (Phi) is 6.78. The monoisotopic (exact) mass is 361 g/mol. The molecule has 1 heterocycles. The van der Waals surface area contributed by atoms with Crippen LogP contribution in [0.4, 0.5) is 17.6 Å². The van der Waals surface area contributed by atoms with Crippen molar-refractivity contribution in [2.45, 2.75) is 19.0 Å². The van der Waals surface area contributed by atoms with E-state index in [0.29, 0.717) is 24.6 Å². The largest absolute Gasteiger partial charge is 0.419 e. The van der Waals surface area contributed by atoms with Crippen molar-refractivity contribution in [3.8, 4) is 0 Å². The second kappa shape index (κ2) is 8.62. The van der Waals surface area contributed by atoms with Gasteiger partial charge in [0, 0.05) is 25.2 Å². The van der Waals surface area contributed by atoms with E-state index in [1.807, 2.05) is 7.05 Å². The summed E-state index contributed by atoms with van der Waals surface area (Å²) >= 11 is 0. The normalized spacial score (nSPS) is 16.8. The van der Waals surface area contributed by atoms with Crippen molar-refractivity contribution in [1.29, 1.82) is 0 Å². The number of piperidine rings is 1. The third kappa shape index (κ3) is 5.67. The molecule has 1 fully saturated rings. The zero-order valence-corrected chi connectivity index (χ0v) is 14.1. The summed E-state index contributed by atoms with van der Waals surface area (Å²) in [6.45, 7) is 4.27. The highest BCUT2D eigenvalue weighted by atomic mass is 19.4. The molecule has 1 aromatic carbocycles. The maximum absolute atomic E-state index is 13.5. The summed E-state index contributed by atoms with van der Waals surface area (Å²) < 4.78 is 51.1. The highest BCUT2D eigenvalue weighted by Crippen LogP contribution is 2.31. The van der Waals surface area contributed by atoms with E-state index in [2.05, 4.69) is 15.5 Å². The number of nitrogens with zero attached hydrogens (tertiary/aromatic N) is 1. The molecule has 2 rings (SSSR count). The number of rotatable bonds is 6. The number of likely N-dealkylation sites (tertiary alicyclic amines) is 1. The standard InChI is InChI=1S/C17H23F4N3O/c1-22-6-9-24-7-4-12(5-8-24)11-23-16(25)13-2-3-14(15(18)10-13)17(19,20)21/h2-3,10,12,22H,4-9,11H2,1H3,(H,23,25). The minimum atomic E-state index is -4.76. The average molecular weight is 361 g/mol. The molecule has 8 heteroatoms. The van der Waals surface area contributed by atoms with Crippen LogP contribution in [0, 0.1) is 11.7 Å². The smallest absolute Gasteiger partial charge is 0.352 e. The van der Waals surface area contributed by atoms with Gasteiger partial charge in [0.25, 0.3) is 5.91 Å². The molecule has 0 spiro atoms. The van der Waals surface area contributed by atoms with Crippen LogP contribution in [-0.4, -0.2) is 50.6 Å². The van der Waals surface area contributed by atoms with E-state index in [0.717, 1.165) is 45.1 Å². The molecule has 1 aliphatic rings. The number of amides is 1. The number of likely N-dealkylation sites (N-methyl/N-ethyl adjacent to an activating group) is 1. The topological polar surface area (TPSA) is 44.4 Å². The molecule has 1 amide bonds. The van der Waals surface area contributed by atoms with E-state index in [1.165, 1.54) is 0 Å². The van der Waals surface area contributed by atoms with Gasteiger partial charge in [0.2, 0.25) is 0 Å². The quantitative estimate of drug-likeness (QED) is 0.766. The number of alkyl halides is 3. The van der Waals surface area contributed by atoms with Gasteiger partial charge in [-0.05, 0) is 57.1 Å². The van der Waals surface area contributed by atoms with Crippen LogP contribution in [-0.2, 0) is 6.18 Å². The molecule has 140 valence electrons. The SMILES string of the molecule is CNCCN1CCC(CNC(=O)c2ccc(C(F)(F)F)c(F)c2)CC1. The van der Waals surface area contributed by atoms with Crippen LogP contribution >= 0.6 is 0 Å². The summed E-state index contributed by atoms with van der Waals surface area (Å²) in [4.78, 5) is 14.4. The van der Waals surface area contributed by atoms with Gasteiger partial charge in [0.1, 0.15) is 5.82 Å². The summed E-state index contributed by atoms with van der Waals surface area (Å²) in [6.07, 6.45) is -2.86. The van der Waals surface area contributed by atoms with Crippen molar-refractivity contribution in [3.05, 3.63) is 35.1 Å². The molecule has 0 aliphatic carbocycles. The lowest BCUT2D eigenvalue weighted by Gasteiger charge is -2.31. The lowest BCUT2D eigenvalue weighted by atomic mass is 9.96. The van der Waals surface area contributed by atoms with Gasteiger partial charge in [-0.1, -0.05) is 0 Å². The number of carbonyl (C=O) groups excluding carboxylic acids is 1. The maximum atomic E-state index is 13.5. The van der Waals surface area contributed by atoms with E-state index >= 15 is 0 Å². The first-order valence-corrected chi connectivity index (χ1v) is 8.33. The Hall–Kier alpha value is -1.67. The van der Waals surface area contributed by atoms with Gasteiger partial charge < -0.3 is 15.5 Å². The van der Waals surface area contributed by atoms with Crippen molar-refractivity contribution >= 4 is 5.91 Å². The molecule has 1 aliphatic heterocycles. The molecule has 0 bridgehead atoms. The van der Waals surface area contributed by atoms with Crippen LogP contribution in [0.25, 0.3) is 0 Å². The first-order valence-electron chi connectivity index (χ1n) is 8.33. The molecule has 0 atom stereocenters. The minimum absolute atomic E-state index is 0.100. The Morgan fingerprint density at radius 2 is 1.96 bits per heavy atom. The van der Waals surface area contributed by atoms with Gasteiger partial charge in [-0.25, -0.2) is 4.39 Å². The number of benzene rings is 1. The van der Waals surface area contributed by atoms with Gasteiger partial charge in [0.05, 0.1) is 5.56 Å². The number of nitrogens with one attached hydrogen (secondary N) is 2. The van der Waals surface area contributed by atoms with E-state index < -0.39 is 23.5 Å². The molecule has 0 aromatic heterocycles. The van der Waals surface area contributed by atoms with E-state index in [1.54, 1.807) is 0 Å². The summed E-state index contributed by atoms with van der Waals surface area (Å²) in [5, 5.41) is 5.80. The lowest BCUT2D eigenvalue weighted by Crippen LogP contribution is -2.40. The van der Waals surface area contributed by atoms with E-state index in [4.69, 9.17) is 0 Å². The molecule has 0 radical (unpaired) electrons. The highest BCUT2D eigenvalue weighted by molar-refractivity contribution is 5.94. The van der Waals surface area contributed by atoms with Crippen LogP contribution < -0.4 is 10.6 Å². The van der Waals surface area contributed by atoms with Crippen molar-refractivity contribution in [3.63, 3.8) is 0 Å². The molecular weight excluding hydrogens is 338 g/mol. The zero-order valence-electron chi connectivity index (χ0n) is 14.1. The van der Waals surface area contributed by atoms with Crippen LogP contribution in [0.1, 0.15) is 28.8 Å². The van der Waals surface area contributed by atoms with Gasteiger partial charge in [0.15, 0.2) is 0 Å². The summed E-state index contributed by atoms with van der Waals surface area (Å²) in [5.74, 6) is -1.66. The van der Waals surface area contributed by atoms with Crippen molar-refractivity contribution in [2.75, 3.05) is 39.8 Å². The van der Waals surface area contributed by atoms with Gasteiger partial charge in [-0.3, -0.25) is 4.79 Å². The third-order valence-electron chi connectivity index (χ3n) is 4.47. The van der Waals surface area contributed by atoms with Crippen LogP contribution in [0.3, 0.4) is 0 Å². The number of hydrogen-bond donors (Lipinski definition) is 2. The zero-order chi connectivity index (χ0) is 18.4. The summed E-state index contributed by atoms with van der Waals surface area (Å²) in [7, 11) is 1.91. The first-order chi connectivity index (χ1) is 11.8. The fourth-order valence-electron chi connectivity index (χ4n) is 2.91. The fourth-order valence-corrected chi connectivity index (χ4v) is 2.91. The van der Waals surface area contributed by atoms with Gasteiger partial charge >= 0.3 is 6.18 Å². The fraction of sp³-hybridized carbons (Fsp3) is 0.588. The Labute approximate surface area is 144 Å². The van der Waals surface area contributed by atoms with E-state index in [9.17, 15) is 22.4 Å². The Bertz CT molecular complexity index is 584. The number of carbonyl (C=O) groups is 1. The first kappa shape index (κ1) is 19.7.